The fourth-order valence-electron chi connectivity index (χ4n) is 1.49. The molecule has 0 spiro atoms. The van der Waals surface area contributed by atoms with Crippen molar-refractivity contribution >= 4 is 28.6 Å². The van der Waals surface area contributed by atoms with E-state index in [0.29, 0.717) is 11.9 Å². The summed E-state index contributed by atoms with van der Waals surface area (Å²) in [5.74, 6) is 1.47. The normalized spacial score (nSPS) is 12.9. The molecule has 0 fully saturated rings. The minimum absolute atomic E-state index is 0.336. The number of para-hydroxylation sites is 2. The Morgan fingerprint density at radius 1 is 1.47 bits per heavy atom. The summed E-state index contributed by atoms with van der Waals surface area (Å²) in [6, 6.07) is 8.31. The maximum atomic E-state index is 5.67. The molecule has 1 aromatic heterocycles. The minimum Gasteiger partial charge on any atom is -0.353 e. The molecule has 1 heterocycles. The van der Waals surface area contributed by atoms with Gasteiger partial charge in [0.15, 0.2) is 0 Å². The van der Waals surface area contributed by atoms with Crippen molar-refractivity contribution in [2.24, 2.45) is 0 Å². The first kappa shape index (κ1) is 10.3. The van der Waals surface area contributed by atoms with E-state index in [-0.39, 0.29) is 0 Å². The number of nitrogens with one attached hydrogen (secondary N) is 2. The van der Waals surface area contributed by atoms with Gasteiger partial charge in [-0.2, -0.15) is 0 Å². The average Bonchev–Trinajstić information content (AvgIpc) is 2.59. The van der Waals surface area contributed by atoms with E-state index in [1.54, 1.807) is 0 Å². The topological polar surface area (TPSA) is 40.7 Å². The predicted octanol–water partition coefficient (Wildman–Crippen LogP) is 2.99. The maximum absolute atomic E-state index is 5.67. The molecule has 4 heteroatoms. The van der Waals surface area contributed by atoms with Crippen LogP contribution in [0.3, 0.4) is 0 Å². The number of hydrogen-bond acceptors (Lipinski definition) is 2. The van der Waals surface area contributed by atoms with E-state index in [2.05, 4.69) is 22.2 Å². The largest absolute Gasteiger partial charge is 0.353 e. The Morgan fingerprint density at radius 3 is 3.00 bits per heavy atom. The van der Waals surface area contributed by atoms with Crippen LogP contribution in [0.25, 0.3) is 11.0 Å². The van der Waals surface area contributed by atoms with E-state index in [4.69, 9.17) is 11.6 Å². The number of nitrogens with zero attached hydrogens (tertiary/aromatic N) is 1. The molecule has 15 heavy (non-hydrogen) atoms. The van der Waals surface area contributed by atoms with Crippen molar-refractivity contribution in [3.8, 4) is 0 Å². The van der Waals surface area contributed by atoms with Crippen LogP contribution in [0, 0.1) is 0 Å². The summed E-state index contributed by atoms with van der Waals surface area (Å²) in [5, 5.41) is 3.28. The van der Waals surface area contributed by atoms with E-state index < -0.39 is 0 Å². The number of anilines is 1. The molecule has 80 valence electrons. The third kappa shape index (κ3) is 2.42. The number of aromatic nitrogens is 2. The summed E-state index contributed by atoms with van der Waals surface area (Å²) < 4.78 is 0. The van der Waals surface area contributed by atoms with E-state index in [0.717, 1.165) is 23.4 Å². The lowest BCUT2D eigenvalue weighted by molar-refractivity contribution is 0.761. The van der Waals surface area contributed by atoms with Crippen LogP contribution >= 0.6 is 11.6 Å². The molecule has 1 unspecified atom stereocenters. The molecule has 2 aromatic rings. The van der Waals surface area contributed by atoms with Crippen molar-refractivity contribution in [1.82, 2.24) is 9.97 Å². The number of alkyl halides is 1. The van der Waals surface area contributed by atoms with Gasteiger partial charge in [0.1, 0.15) is 0 Å². The Kier molecular flexibility index (Phi) is 3.11. The van der Waals surface area contributed by atoms with E-state index in [1.807, 2.05) is 24.3 Å². The number of benzene rings is 1. The molecule has 0 radical (unpaired) electrons. The van der Waals surface area contributed by atoms with Crippen molar-refractivity contribution in [1.29, 1.82) is 0 Å². The van der Waals surface area contributed by atoms with Gasteiger partial charge in [0.2, 0.25) is 5.95 Å². The van der Waals surface area contributed by atoms with Crippen molar-refractivity contribution < 1.29 is 0 Å². The molecule has 0 aliphatic carbocycles. The van der Waals surface area contributed by atoms with Gasteiger partial charge in [0.05, 0.1) is 11.0 Å². The van der Waals surface area contributed by atoms with Crippen LogP contribution in [0.1, 0.15) is 13.3 Å². The fraction of sp³-hybridized carbons (Fsp3) is 0.364. The Labute approximate surface area is 93.9 Å². The van der Waals surface area contributed by atoms with Crippen LogP contribution in [0.15, 0.2) is 24.3 Å². The van der Waals surface area contributed by atoms with Gasteiger partial charge in [-0.25, -0.2) is 4.98 Å². The van der Waals surface area contributed by atoms with Gasteiger partial charge in [-0.05, 0) is 25.5 Å². The highest BCUT2D eigenvalue weighted by Crippen LogP contribution is 2.14. The van der Waals surface area contributed by atoms with Gasteiger partial charge >= 0.3 is 0 Å². The van der Waals surface area contributed by atoms with Crippen LogP contribution in [0.2, 0.25) is 0 Å². The second-order valence-corrected chi connectivity index (χ2v) is 4.00. The molecule has 0 saturated carbocycles. The number of fused-ring (bicyclic) bond motifs is 1. The molecular weight excluding hydrogens is 210 g/mol. The summed E-state index contributed by atoms with van der Waals surface area (Å²) in [5.41, 5.74) is 2.04. The number of hydrogen-bond donors (Lipinski definition) is 2. The fourth-order valence-corrected chi connectivity index (χ4v) is 1.82. The van der Waals surface area contributed by atoms with Crippen molar-refractivity contribution in [3.63, 3.8) is 0 Å². The molecule has 0 aliphatic heterocycles. The number of aromatic amines is 1. The van der Waals surface area contributed by atoms with Crippen molar-refractivity contribution in [2.45, 2.75) is 19.4 Å². The quantitative estimate of drug-likeness (QED) is 0.783. The number of halogens is 1. The summed E-state index contributed by atoms with van der Waals surface area (Å²) in [6.07, 6.45) is 0.929. The van der Waals surface area contributed by atoms with Crippen LogP contribution < -0.4 is 5.32 Å². The highest BCUT2D eigenvalue weighted by atomic mass is 35.5. The van der Waals surface area contributed by atoms with Crippen LogP contribution in [0.5, 0.6) is 0 Å². The summed E-state index contributed by atoms with van der Waals surface area (Å²) in [6.45, 7) is 2.09. The van der Waals surface area contributed by atoms with Gasteiger partial charge in [0, 0.05) is 11.9 Å². The smallest absolute Gasteiger partial charge is 0.201 e. The summed E-state index contributed by atoms with van der Waals surface area (Å²) in [4.78, 5) is 7.64. The second kappa shape index (κ2) is 4.53. The third-order valence-corrected chi connectivity index (χ3v) is 2.53. The lowest BCUT2D eigenvalue weighted by atomic mass is 10.3. The molecule has 0 aliphatic rings. The lowest BCUT2D eigenvalue weighted by Gasteiger charge is -2.10. The molecule has 3 nitrogen and oxygen atoms in total. The summed E-state index contributed by atoms with van der Waals surface area (Å²) >= 11 is 5.67. The Morgan fingerprint density at radius 2 is 2.27 bits per heavy atom. The van der Waals surface area contributed by atoms with Gasteiger partial charge in [-0.3, -0.25) is 0 Å². The molecule has 0 amide bonds. The zero-order valence-corrected chi connectivity index (χ0v) is 9.38. The highest BCUT2D eigenvalue weighted by Gasteiger charge is 2.04. The SMILES string of the molecule is CC(CCCl)Nc1nc2ccccc2[nH]1. The monoisotopic (exact) mass is 223 g/mol. The lowest BCUT2D eigenvalue weighted by Crippen LogP contribution is -2.16. The Bertz CT molecular complexity index is 405. The highest BCUT2D eigenvalue weighted by molar-refractivity contribution is 6.17. The first-order valence-electron chi connectivity index (χ1n) is 5.07. The number of rotatable bonds is 4. The number of H-pyrrole nitrogens is 1. The van der Waals surface area contributed by atoms with Gasteiger partial charge in [0.25, 0.3) is 0 Å². The molecule has 0 bridgehead atoms. The average molecular weight is 224 g/mol. The molecule has 1 atom stereocenters. The van der Waals surface area contributed by atoms with Crippen molar-refractivity contribution in [2.75, 3.05) is 11.2 Å². The van der Waals surface area contributed by atoms with Crippen LogP contribution in [0.4, 0.5) is 5.95 Å². The first-order chi connectivity index (χ1) is 7.29. The third-order valence-electron chi connectivity index (χ3n) is 2.31. The van der Waals surface area contributed by atoms with Gasteiger partial charge in [-0.1, -0.05) is 12.1 Å². The minimum atomic E-state index is 0.336. The van der Waals surface area contributed by atoms with Crippen molar-refractivity contribution in [3.05, 3.63) is 24.3 Å². The Balaban J connectivity index is 2.15. The van der Waals surface area contributed by atoms with E-state index in [1.165, 1.54) is 0 Å². The van der Waals surface area contributed by atoms with Crippen LogP contribution in [-0.2, 0) is 0 Å². The molecule has 0 saturated heterocycles. The zero-order valence-electron chi connectivity index (χ0n) is 8.63. The first-order valence-corrected chi connectivity index (χ1v) is 5.60. The Hall–Kier alpha value is -1.22. The number of imidazole rings is 1. The standard InChI is InChI=1S/C11H14ClN3/c1-8(6-7-12)13-11-14-9-4-2-3-5-10(9)15-11/h2-5,8H,6-7H2,1H3,(H2,13,14,15). The molecule has 2 rings (SSSR count). The maximum Gasteiger partial charge on any atom is 0.201 e. The molecule has 2 N–H and O–H groups in total. The molecule has 1 aromatic carbocycles. The van der Waals surface area contributed by atoms with Gasteiger partial charge in [-0.15, -0.1) is 11.6 Å². The van der Waals surface area contributed by atoms with Gasteiger partial charge < -0.3 is 10.3 Å². The predicted molar refractivity (Wildman–Crippen MR) is 64.5 cm³/mol. The van der Waals surface area contributed by atoms with E-state index >= 15 is 0 Å². The van der Waals surface area contributed by atoms with E-state index in [9.17, 15) is 0 Å². The summed E-state index contributed by atoms with van der Waals surface area (Å²) in [7, 11) is 0. The zero-order chi connectivity index (χ0) is 10.7. The molecular formula is C11H14ClN3. The van der Waals surface area contributed by atoms with Crippen LogP contribution in [-0.4, -0.2) is 21.9 Å². The second-order valence-electron chi connectivity index (χ2n) is 3.63.